The molecule has 1 saturated carbocycles. The number of rotatable bonds is 13. The molecule has 1 spiro atoms. The molecule has 10 nitrogen and oxygen atoms in total. The van der Waals surface area contributed by atoms with Crippen LogP contribution in [0.4, 0.5) is 23.4 Å². The largest absolute Gasteiger partial charge is 0.451 e. The number of anilines is 1. The number of amides is 1. The molecule has 3 aliphatic rings. The van der Waals surface area contributed by atoms with Crippen molar-refractivity contribution in [1.82, 2.24) is 25.1 Å². The molecule has 2 aliphatic heterocycles. The number of ether oxygens (including phenoxy) is 1. The molecule has 5 rings (SSSR count). The number of hydrogen-bond acceptors (Lipinski definition) is 9. The third-order valence-electron chi connectivity index (χ3n) is 10.7. The fourth-order valence-corrected chi connectivity index (χ4v) is 7.99. The molecule has 1 aromatic carbocycles. The Bertz CT molecular complexity index is 1570. The first-order valence-corrected chi connectivity index (χ1v) is 18.3. The summed E-state index contributed by atoms with van der Waals surface area (Å²) in [5.41, 5.74) is -0.426. The number of nitrogens with zero attached hydrogens (tertiary/aromatic N) is 7. The minimum Gasteiger partial charge on any atom is -0.451 e. The number of aliphatic imine (C=N–C) groups is 2. The van der Waals surface area contributed by atoms with E-state index in [0.29, 0.717) is 29.1 Å². The van der Waals surface area contributed by atoms with Crippen molar-refractivity contribution in [1.29, 1.82) is 0 Å². The highest BCUT2D eigenvalue weighted by atomic mass is 19.4. The van der Waals surface area contributed by atoms with Crippen LogP contribution in [0.15, 0.2) is 52.5 Å². The number of alkyl halides is 3. The Morgan fingerprint density at radius 3 is 2.46 bits per heavy atom. The van der Waals surface area contributed by atoms with Crippen LogP contribution in [0.1, 0.15) is 83.0 Å². The van der Waals surface area contributed by atoms with Crippen LogP contribution < -0.4 is 15.0 Å². The Hall–Kier alpha value is -3.91. The van der Waals surface area contributed by atoms with E-state index in [1.165, 1.54) is 24.5 Å². The predicted octanol–water partition coefficient (Wildman–Crippen LogP) is 7.28. The lowest BCUT2D eigenvalue weighted by atomic mass is 9.67. The first kappa shape index (κ1) is 39.3. The van der Waals surface area contributed by atoms with Gasteiger partial charge >= 0.3 is 6.18 Å². The molecule has 284 valence electrons. The second-order valence-electron chi connectivity index (χ2n) is 15.0. The Morgan fingerprint density at radius 2 is 1.81 bits per heavy atom. The van der Waals surface area contributed by atoms with Gasteiger partial charge in [-0.2, -0.15) is 13.2 Å². The van der Waals surface area contributed by atoms with Gasteiger partial charge in [-0.25, -0.2) is 14.4 Å². The van der Waals surface area contributed by atoms with Crippen LogP contribution in [-0.4, -0.2) is 102 Å². The molecule has 1 aromatic heterocycles. The second-order valence-corrected chi connectivity index (χ2v) is 15.0. The molecular formula is C38H52F4N8O2. The van der Waals surface area contributed by atoms with Gasteiger partial charge in [-0.15, -0.1) is 0 Å². The maximum Gasteiger partial charge on any atom is 0.419 e. The molecule has 1 unspecified atom stereocenters. The van der Waals surface area contributed by atoms with Gasteiger partial charge in [-0.3, -0.25) is 20.1 Å². The van der Waals surface area contributed by atoms with Crippen LogP contribution in [0.3, 0.4) is 0 Å². The molecule has 2 aromatic rings. The highest BCUT2D eigenvalue weighted by Gasteiger charge is 2.39. The predicted molar refractivity (Wildman–Crippen MR) is 196 cm³/mol. The Kier molecular flexibility index (Phi) is 13.1. The molecule has 1 amide bonds. The highest BCUT2D eigenvalue weighted by Crippen LogP contribution is 2.45. The number of allylic oxidation sites excluding steroid dienone is 1. The number of benzene rings is 1. The normalized spacial score (nSPS) is 20.4. The van der Waals surface area contributed by atoms with Crippen molar-refractivity contribution in [2.75, 3.05) is 44.3 Å². The smallest absolute Gasteiger partial charge is 0.419 e. The lowest BCUT2D eigenvalue weighted by molar-refractivity contribution is -0.0857. The average molecular weight is 729 g/mol. The standard InChI is InChI=1S/C38H52F4N8O2/c1-26(2)50(27(3)4)36(51)32-18-30(39)6-7-33(32)52-34-21-45-25-47-35(34)49-15-10-28(23-49)22-48-16-13-37(14-17-48)11-8-31(9-12-37)46-24-44-20-29(19-43-5)38(40,41)42/h6-7,18-21,25-28,31,46H,5,8-17,22-24H2,1-4H3/b29-19+,44-20?. The van der Waals surface area contributed by atoms with Crippen molar-refractivity contribution in [2.24, 2.45) is 21.3 Å². The van der Waals surface area contributed by atoms with Gasteiger partial charge in [-0.1, -0.05) is 0 Å². The summed E-state index contributed by atoms with van der Waals surface area (Å²) >= 11 is 0. The summed E-state index contributed by atoms with van der Waals surface area (Å²) in [6.07, 6.45) is 7.60. The zero-order chi connectivity index (χ0) is 37.5. The van der Waals surface area contributed by atoms with Gasteiger partial charge in [0.25, 0.3) is 5.91 Å². The van der Waals surface area contributed by atoms with Gasteiger partial charge in [0.1, 0.15) is 17.9 Å². The third-order valence-corrected chi connectivity index (χ3v) is 10.7. The van der Waals surface area contributed by atoms with Crippen molar-refractivity contribution >= 4 is 24.7 Å². The molecule has 2 saturated heterocycles. The summed E-state index contributed by atoms with van der Waals surface area (Å²) in [6.45, 7) is 15.7. The number of carbonyl (C=O) groups excluding carboxylic acids is 1. The van der Waals surface area contributed by atoms with E-state index in [1.807, 2.05) is 27.7 Å². The number of aromatic nitrogens is 2. The van der Waals surface area contributed by atoms with E-state index in [-0.39, 0.29) is 42.0 Å². The molecular weight excluding hydrogens is 676 g/mol. The number of hydrogen-bond donors (Lipinski definition) is 1. The quantitative estimate of drug-likeness (QED) is 0.171. The fourth-order valence-electron chi connectivity index (χ4n) is 7.99. The third kappa shape index (κ3) is 9.94. The number of likely N-dealkylation sites (tertiary alicyclic amines) is 1. The summed E-state index contributed by atoms with van der Waals surface area (Å²) in [7, 11) is 0. The molecule has 14 heteroatoms. The van der Waals surface area contributed by atoms with Gasteiger partial charge in [0.05, 0.1) is 24.0 Å². The molecule has 0 radical (unpaired) electrons. The molecule has 1 atom stereocenters. The van der Waals surface area contributed by atoms with E-state index in [0.717, 1.165) is 83.9 Å². The number of halogens is 4. The average Bonchev–Trinajstić information content (AvgIpc) is 3.56. The minimum atomic E-state index is -4.51. The van der Waals surface area contributed by atoms with Crippen LogP contribution in [0.25, 0.3) is 0 Å². The van der Waals surface area contributed by atoms with Crippen molar-refractivity contribution in [2.45, 2.75) is 96.9 Å². The van der Waals surface area contributed by atoms with Crippen LogP contribution in [0, 0.1) is 17.2 Å². The topological polar surface area (TPSA) is 98.5 Å². The first-order valence-electron chi connectivity index (χ1n) is 18.3. The monoisotopic (exact) mass is 728 g/mol. The van der Waals surface area contributed by atoms with E-state index in [2.05, 4.69) is 41.8 Å². The lowest BCUT2D eigenvalue weighted by Crippen LogP contribution is -2.46. The van der Waals surface area contributed by atoms with Crippen LogP contribution in [0.2, 0.25) is 0 Å². The maximum atomic E-state index is 14.4. The van der Waals surface area contributed by atoms with Gasteiger partial charge in [0.2, 0.25) is 0 Å². The summed E-state index contributed by atoms with van der Waals surface area (Å²) in [5.74, 6) is 0.998. The summed E-state index contributed by atoms with van der Waals surface area (Å²) in [4.78, 5) is 36.0. The van der Waals surface area contributed by atoms with E-state index >= 15 is 0 Å². The van der Waals surface area contributed by atoms with Crippen molar-refractivity contribution in [3.05, 3.63) is 53.9 Å². The van der Waals surface area contributed by atoms with Crippen molar-refractivity contribution in [3.63, 3.8) is 0 Å². The first-order chi connectivity index (χ1) is 24.8. The van der Waals surface area contributed by atoms with Crippen LogP contribution in [-0.2, 0) is 0 Å². The Morgan fingerprint density at radius 1 is 1.10 bits per heavy atom. The summed E-state index contributed by atoms with van der Waals surface area (Å²) in [5, 5.41) is 3.30. The SMILES string of the molecule is C=N/C=C(\C=NCNC1CCC2(CC1)CCN(CC1CCN(c3ncncc3Oc3ccc(F)cc3C(=O)N(C(C)C)C(C)C)C1)CC2)C(F)(F)F. The molecule has 0 bridgehead atoms. The fraction of sp³-hybridized carbons (Fsp3) is 0.605. The van der Waals surface area contributed by atoms with E-state index in [9.17, 15) is 22.4 Å². The molecule has 3 heterocycles. The van der Waals surface area contributed by atoms with Crippen LogP contribution in [0.5, 0.6) is 11.5 Å². The minimum absolute atomic E-state index is 0.0768. The zero-order valence-corrected chi connectivity index (χ0v) is 30.7. The highest BCUT2D eigenvalue weighted by molar-refractivity contribution is 5.97. The van der Waals surface area contributed by atoms with E-state index < -0.39 is 17.6 Å². The summed E-state index contributed by atoms with van der Waals surface area (Å²) < 4.78 is 59.7. The lowest BCUT2D eigenvalue weighted by Gasteiger charge is -2.46. The zero-order valence-electron chi connectivity index (χ0n) is 30.7. The van der Waals surface area contributed by atoms with Crippen LogP contribution >= 0.6 is 0 Å². The van der Waals surface area contributed by atoms with Gasteiger partial charge in [0, 0.05) is 50.2 Å². The number of carbonyl (C=O) groups is 1. The van der Waals surface area contributed by atoms with Gasteiger partial charge in [0.15, 0.2) is 11.6 Å². The van der Waals surface area contributed by atoms with Crippen molar-refractivity contribution in [3.8, 4) is 11.5 Å². The molecule has 3 fully saturated rings. The van der Waals surface area contributed by atoms with Gasteiger partial charge in [-0.05, 0) is 122 Å². The Balaban J connectivity index is 1.11. The molecule has 52 heavy (non-hydrogen) atoms. The van der Waals surface area contributed by atoms with Crippen molar-refractivity contribution < 1.29 is 27.1 Å². The Labute approximate surface area is 304 Å². The molecule has 1 N–H and O–H groups in total. The van der Waals surface area contributed by atoms with Gasteiger partial charge < -0.3 is 19.4 Å². The number of nitrogens with one attached hydrogen (secondary N) is 1. The summed E-state index contributed by atoms with van der Waals surface area (Å²) in [6, 6.07) is 4.11. The molecule has 1 aliphatic carbocycles. The van der Waals surface area contributed by atoms with E-state index in [1.54, 1.807) is 11.1 Å². The second kappa shape index (κ2) is 17.3. The maximum absolute atomic E-state index is 14.4. The van der Waals surface area contributed by atoms with E-state index in [4.69, 9.17) is 4.74 Å². The number of piperidine rings is 1.